The van der Waals surface area contributed by atoms with Gasteiger partial charge in [-0.1, -0.05) is 31.2 Å². The molecule has 3 aromatic rings. The predicted molar refractivity (Wildman–Crippen MR) is 81.1 cm³/mol. The average molecular weight is 316 g/mol. The topological polar surface area (TPSA) is 41.6 Å². The number of H-pyrrole nitrogens is 1. The molecule has 0 aliphatic rings. The molecule has 0 saturated carbocycles. The van der Waals surface area contributed by atoms with E-state index in [0.717, 1.165) is 39.0 Å². The summed E-state index contributed by atoms with van der Waals surface area (Å²) < 4.78 is 1.01. The van der Waals surface area contributed by atoms with Gasteiger partial charge in [-0.15, -0.1) is 0 Å². The molecule has 3 rings (SSSR count). The Morgan fingerprint density at radius 3 is 2.58 bits per heavy atom. The molecule has 2 heterocycles. The number of benzene rings is 1. The number of aromatic amines is 1. The van der Waals surface area contributed by atoms with E-state index in [0.29, 0.717) is 0 Å². The Hall–Kier alpha value is -1.68. The van der Waals surface area contributed by atoms with Gasteiger partial charge in [0.1, 0.15) is 5.65 Å². The summed E-state index contributed by atoms with van der Waals surface area (Å²) in [5, 5.41) is 1.05. The van der Waals surface area contributed by atoms with Gasteiger partial charge in [-0.2, -0.15) is 0 Å². The Kier molecular flexibility index (Phi) is 3.11. The number of aryl methyl sites for hydroxylation is 2. The van der Waals surface area contributed by atoms with E-state index in [9.17, 15) is 0 Å². The van der Waals surface area contributed by atoms with E-state index >= 15 is 0 Å². The number of hydrogen-bond donors (Lipinski definition) is 1. The standard InChI is InChI=1S/C15H14BrN3/c1-3-10-4-6-11(7-5-10)14-18-9(2)13-12(16)8-17-15(13)19-14/h4-8H,3H2,1-2H3,(H,17,18,19). The van der Waals surface area contributed by atoms with E-state index in [2.05, 4.69) is 62.1 Å². The van der Waals surface area contributed by atoms with Crippen molar-refractivity contribution in [1.29, 1.82) is 0 Å². The third-order valence-electron chi connectivity index (χ3n) is 3.28. The number of nitrogens with one attached hydrogen (secondary N) is 1. The fourth-order valence-corrected chi connectivity index (χ4v) is 2.77. The molecule has 1 aromatic carbocycles. The van der Waals surface area contributed by atoms with Crippen LogP contribution in [0.5, 0.6) is 0 Å². The smallest absolute Gasteiger partial charge is 0.161 e. The highest BCUT2D eigenvalue weighted by molar-refractivity contribution is 9.10. The summed E-state index contributed by atoms with van der Waals surface area (Å²) in [6, 6.07) is 8.42. The van der Waals surface area contributed by atoms with Gasteiger partial charge >= 0.3 is 0 Å². The molecule has 1 N–H and O–H groups in total. The molecule has 0 bridgehead atoms. The lowest BCUT2D eigenvalue weighted by Crippen LogP contribution is -1.93. The van der Waals surface area contributed by atoms with Gasteiger partial charge in [-0.05, 0) is 34.8 Å². The molecule has 4 heteroatoms. The number of aromatic nitrogens is 3. The van der Waals surface area contributed by atoms with E-state index in [-0.39, 0.29) is 0 Å². The first-order valence-corrected chi connectivity index (χ1v) is 7.09. The van der Waals surface area contributed by atoms with Crippen molar-refractivity contribution < 1.29 is 0 Å². The molecule has 0 amide bonds. The molecule has 0 spiro atoms. The number of hydrogen-bond acceptors (Lipinski definition) is 2. The fourth-order valence-electron chi connectivity index (χ4n) is 2.19. The molecule has 0 atom stereocenters. The van der Waals surface area contributed by atoms with Crippen molar-refractivity contribution in [3.05, 3.63) is 46.2 Å². The molecular weight excluding hydrogens is 302 g/mol. The molecule has 3 nitrogen and oxygen atoms in total. The Morgan fingerprint density at radius 1 is 1.16 bits per heavy atom. The van der Waals surface area contributed by atoms with Gasteiger partial charge in [0.15, 0.2) is 5.82 Å². The van der Waals surface area contributed by atoms with Crippen molar-refractivity contribution in [1.82, 2.24) is 15.0 Å². The lowest BCUT2D eigenvalue weighted by Gasteiger charge is -2.04. The fraction of sp³-hybridized carbons (Fsp3) is 0.200. The number of fused-ring (bicyclic) bond motifs is 1. The van der Waals surface area contributed by atoms with Gasteiger partial charge in [0.2, 0.25) is 0 Å². The Labute approximate surface area is 120 Å². The van der Waals surface area contributed by atoms with Crippen molar-refractivity contribution in [2.75, 3.05) is 0 Å². The van der Waals surface area contributed by atoms with Gasteiger partial charge in [0.05, 0.1) is 11.1 Å². The molecule has 0 fully saturated rings. The quantitative estimate of drug-likeness (QED) is 0.767. The zero-order valence-electron chi connectivity index (χ0n) is 10.9. The van der Waals surface area contributed by atoms with Crippen LogP contribution < -0.4 is 0 Å². The summed E-state index contributed by atoms with van der Waals surface area (Å²) in [6.45, 7) is 4.16. The second-order valence-electron chi connectivity index (χ2n) is 4.54. The van der Waals surface area contributed by atoms with E-state index in [1.807, 2.05) is 13.1 Å². The summed E-state index contributed by atoms with van der Waals surface area (Å²) in [5.41, 5.74) is 4.22. The summed E-state index contributed by atoms with van der Waals surface area (Å²) in [6.07, 6.45) is 2.94. The first kappa shape index (κ1) is 12.4. The van der Waals surface area contributed by atoms with Crippen LogP contribution in [0.4, 0.5) is 0 Å². The van der Waals surface area contributed by atoms with Gasteiger partial charge in [0, 0.05) is 16.2 Å². The largest absolute Gasteiger partial charge is 0.345 e. The molecule has 0 radical (unpaired) electrons. The normalized spacial score (nSPS) is 11.1. The number of halogens is 1. The van der Waals surface area contributed by atoms with Gasteiger partial charge < -0.3 is 4.98 Å². The van der Waals surface area contributed by atoms with Crippen LogP contribution >= 0.6 is 15.9 Å². The van der Waals surface area contributed by atoms with Crippen molar-refractivity contribution in [2.24, 2.45) is 0 Å². The van der Waals surface area contributed by atoms with E-state index in [1.165, 1.54) is 5.56 Å². The van der Waals surface area contributed by atoms with Crippen LogP contribution in [0.2, 0.25) is 0 Å². The van der Waals surface area contributed by atoms with Gasteiger partial charge in [0.25, 0.3) is 0 Å². The highest BCUT2D eigenvalue weighted by Crippen LogP contribution is 2.27. The number of nitrogens with zero attached hydrogens (tertiary/aromatic N) is 2. The maximum absolute atomic E-state index is 4.60. The number of rotatable bonds is 2. The Bertz CT molecular complexity index is 729. The second-order valence-corrected chi connectivity index (χ2v) is 5.40. The molecule has 96 valence electrons. The van der Waals surface area contributed by atoms with Crippen LogP contribution in [0, 0.1) is 6.92 Å². The third kappa shape index (κ3) is 2.16. The molecule has 2 aromatic heterocycles. The first-order valence-electron chi connectivity index (χ1n) is 6.29. The van der Waals surface area contributed by atoms with E-state index in [1.54, 1.807) is 0 Å². The highest BCUT2D eigenvalue weighted by atomic mass is 79.9. The van der Waals surface area contributed by atoms with Crippen molar-refractivity contribution in [2.45, 2.75) is 20.3 Å². The molecule has 0 aliphatic carbocycles. The monoisotopic (exact) mass is 315 g/mol. The minimum absolute atomic E-state index is 0.766. The van der Waals surface area contributed by atoms with E-state index in [4.69, 9.17) is 0 Å². The van der Waals surface area contributed by atoms with Crippen molar-refractivity contribution >= 4 is 27.0 Å². The maximum atomic E-state index is 4.60. The molecule has 19 heavy (non-hydrogen) atoms. The summed E-state index contributed by atoms with van der Waals surface area (Å²) in [5.74, 6) is 0.766. The Balaban J connectivity index is 2.14. The van der Waals surface area contributed by atoms with Crippen LogP contribution in [-0.4, -0.2) is 15.0 Å². The zero-order chi connectivity index (χ0) is 13.4. The average Bonchev–Trinajstić information content (AvgIpc) is 2.81. The SMILES string of the molecule is CCc1ccc(-c2nc(C)c3c(Br)c[nH]c3n2)cc1. The second kappa shape index (κ2) is 4.78. The summed E-state index contributed by atoms with van der Waals surface area (Å²) in [7, 11) is 0. The lowest BCUT2D eigenvalue weighted by molar-refractivity contribution is 1.13. The summed E-state index contributed by atoms with van der Waals surface area (Å²) in [4.78, 5) is 12.3. The molecule has 0 unspecified atom stereocenters. The van der Waals surface area contributed by atoms with Crippen LogP contribution in [0.1, 0.15) is 18.2 Å². The molecular formula is C15H14BrN3. The van der Waals surface area contributed by atoms with Crippen molar-refractivity contribution in [3.63, 3.8) is 0 Å². The van der Waals surface area contributed by atoms with Gasteiger partial charge in [-0.3, -0.25) is 0 Å². The third-order valence-corrected chi connectivity index (χ3v) is 3.91. The van der Waals surface area contributed by atoms with Crippen LogP contribution in [0.15, 0.2) is 34.9 Å². The molecule has 0 saturated heterocycles. The first-order chi connectivity index (χ1) is 9.19. The minimum atomic E-state index is 0.766. The van der Waals surface area contributed by atoms with E-state index < -0.39 is 0 Å². The highest BCUT2D eigenvalue weighted by Gasteiger charge is 2.10. The lowest BCUT2D eigenvalue weighted by atomic mass is 10.1. The minimum Gasteiger partial charge on any atom is -0.345 e. The molecule has 0 aliphatic heterocycles. The zero-order valence-corrected chi connectivity index (χ0v) is 12.5. The van der Waals surface area contributed by atoms with Crippen LogP contribution in [0.3, 0.4) is 0 Å². The Morgan fingerprint density at radius 2 is 1.89 bits per heavy atom. The van der Waals surface area contributed by atoms with Gasteiger partial charge in [-0.25, -0.2) is 9.97 Å². The van der Waals surface area contributed by atoms with Crippen LogP contribution in [-0.2, 0) is 6.42 Å². The predicted octanol–water partition coefficient (Wildman–Crippen LogP) is 4.26. The maximum Gasteiger partial charge on any atom is 0.161 e. The van der Waals surface area contributed by atoms with Crippen LogP contribution in [0.25, 0.3) is 22.4 Å². The summed E-state index contributed by atoms with van der Waals surface area (Å²) >= 11 is 3.51. The van der Waals surface area contributed by atoms with Crippen molar-refractivity contribution in [3.8, 4) is 11.4 Å².